The van der Waals surface area contributed by atoms with Crippen LogP contribution >= 0.6 is 11.6 Å². The SMILES string of the molecule is CC(=O)Nc1ccc(S(=O)(=O)[N-]c2ccc(Cl)cn2)cc1. The average Bonchev–Trinajstić information content (AvgIpc) is 2.41. The second-order valence-corrected chi connectivity index (χ2v) is 6.15. The molecule has 0 aliphatic heterocycles. The van der Waals surface area contributed by atoms with Crippen molar-refractivity contribution in [2.75, 3.05) is 5.32 Å². The molecule has 0 saturated heterocycles. The molecule has 0 unspecified atom stereocenters. The molecule has 2 rings (SSSR count). The first-order valence-electron chi connectivity index (χ1n) is 5.84. The summed E-state index contributed by atoms with van der Waals surface area (Å²) in [5.74, 6) is -0.189. The van der Waals surface area contributed by atoms with Crippen LogP contribution in [0.2, 0.25) is 5.02 Å². The van der Waals surface area contributed by atoms with E-state index in [1.165, 1.54) is 49.5 Å². The molecule has 21 heavy (non-hydrogen) atoms. The molecule has 110 valence electrons. The zero-order valence-electron chi connectivity index (χ0n) is 10.9. The Morgan fingerprint density at radius 1 is 1.19 bits per heavy atom. The summed E-state index contributed by atoms with van der Waals surface area (Å²) in [7, 11) is -3.86. The molecular formula is C13H11ClN3O3S-. The number of hydrogen-bond donors (Lipinski definition) is 1. The molecule has 2 aromatic rings. The van der Waals surface area contributed by atoms with Crippen LogP contribution in [-0.4, -0.2) is 19.3 Å². The Balaban J connectivity index is 2.19. The van der Waals surface area contributed by atoms with Crippen molar-refractivity contribution in [2.45, 2.75) is 11.8 Å². The molecule has 0 saturated carbocycles. The third kappa shape index (κ3) is 4.17. The highest BCUT2D eigenvalue weighted by Gasteiger charge is 2.09. The molecule has 1 N–H and O–H groups in total. The first kappa shape index (κ1) is 15.3. The number of benzene rings is 1. The zero-order valence-corrected chi connectivity index (χ0v) is 12.5. The van der Waals surface area contributed by atoms with E-state index in [0.29, 0.717) is 10.7 Å². The number of hydrogen-bond acceptors (Lipinski definition) is 4. The van der Waals surface area contributed by atoms with Crippen LogP contribution in [0.25, 0.3) is 4.72 Å². The highest BCUT2D eigenvalue weighted by Crippen LogP contribution is 2.27. The fourth-order valence-corrected chi connectivity index (χ4v) is 2.56. The van der Waals surface area contributed by atoms with Crippen molar-refractivity contribution in [1.82, 2.24) is 4.98 Å². The van der Waals surface area contributed by atoms with Gasteiger partial charge in [-0.25, -0.2) is 8.42 Å². The average molecular weight is 325 g/mol. The van der Waals surface area contributed by atoms with Gasteiger partial charge >= 0.3 is 0 Å². The van der Waals surface area contributed by atoms with Crippen molar-refractivity contribution in [2.24, 2.45) is 0 Å². The predicted molar refractivity (Wildman–Crippen MR) is 80.2 cm³/mol. The number of halogens is 1. The Morgan fingerprint density at radius 2 is 1.86 bits per heavy atom. The zero-order chi connectivity index (χ0) is 15.5. The highest BCUT2D eigenvalue weighted by atomic mass is 35.5. The quantitative estimate of drug-likeness (QED) is 0.935. The third-order valence-electron chi connectivity index (χ3n) is 2.40. The van der Waals surface area contributed by atoms with Gasteiger partial charge in [0.15, 0.2) is 0 Å². The molecule has 1 aromatic carbocycles. The van der Waals surface area contributed by atoms with Gasteiger partial charge < -0.3 is 15.0 Å². The number of amides is 1. The standard InChI is InChI=1S/C13H12ClN3O3S/c1-9(18)16-11-3-5-12(6-4-11)21(19,20)17-13-7-2-10(14)8-15-13/h2-8H,1H3,(H2,15,16,17,18)/p-1. The molecule has 0 radical (unpaired) electrons. The molecule has 1 aromatic heterocycles. The number of pyridine rings is 1. The van der Waals surface area contributed by atoms with Gasteiger partial charge in [0.1, 0.15) is 0 Å². The smallest absolute Gasteiger partial charge is 0.221 e. The summed E-state index contributed by atoms with van der Waals surface area (Å²) in [4.78, 5) is 14.7. The van der Waals surface area contributed by atoms with Crippen molar-refractivity contribution < 1.29 is 13.2 Å². The maximum Gasteiger partial charge on any atom is 0.221 e. The van der Waals surface area contributed by atoms with E-state index in [1.807, 2.05) is 0 Å². The maximum absolute atomic E-state index is 12.1. The summed E-state index contributed by atoms with van der Waals surface area (Å²) in [6.07, 6.45) is 1.32. The normalized spacial score (nSPS) is 11.0. The van der Waals surface area contributed by atoms with Gasteiger partial charge in [0.25, 0.3) is 0 Å². The number of nitrogens with zero attached hydrogens (tertiary/aromatic N) is 2. The minimum Gasteiger partial charge on any atom is -0.441 e. The van der Waals surface area contributed by atoms with Crippen LogP contribution in [-0.2, 0) is 14.8 Å². The molecule has 0 bridgehead atoms. The monoisotopic (exact) mass is 324 g/mol. The van der Waals surface area contributed by atoms with E-state index in [0.717, 1.165) is 0 Å². The largest absolute Gasteiger partial charge is 0.441 e. The molecule has 1 amide bonds. The maximum atomic E-state index is 12.1. The third-order valence-corrected chi connectivity index (χ3v) is 3.92. The molecule has 0 spiro atoms. The van der Waals surface area contributed by atoms with Gasteiger partial charge in [-0.15, -0.1) is 0 Å². The van der Waals surface area contributed by atoms with Crippen molar-refractivity contribution in [3.63, 3.8) is 0 Å². The Labute approximate surface area is 127 Å². The first-order valence-corrected chi connectivity index (χ1v) is 7.66. The van der Waals surface area contributed by atoms with Crippen LogP contribution in [0.1, 0.15) is 6.92 Å². The molecule has 6 nitrogen and oxygen atoms in total. The summed E-state index contributed by atoms with van der Waals surface area (Å²) in [6.45, 7) is 1.37. The molecule has 0 atom stereocenters. The molecular weight excluding hydrogens is 314 g/mol. The number of carbonyl (C=O) groups is 1. The lowest BCUT2D eigenvalue weighted by molar-refractivity contribution is -0.114. The molecule has 0 fully saturated rings. The van der Waals surface area contributed by atoms with Crippen molar-refractivity contribution in [3.8, 4) is 0 Å². The number of anilines is 1. The lowest BCUT2D eigenvalue weighted by Crippen LogP contribution is -2.06. The van der Waals surface area contributed by atoms with Crippen LogP contribution in [0.5, 0.6) is 0 Å². The van der Waals surface area contributed by atoms with Gasteiger partial charge in [0.05, 0.1) is 4.90 Å². The summed E-state index contributed by atoms with van der Waals surface area (Å²) in [6, 6.07) is 8.60. The predicted octanol–water partition coefficient (Wildman–Crippen LogP) is 3.09. The molecule has 1 heterocycles. The molecule has 0 aliphatic carbocycles. The minimum atomic E-state index is -3.86. The number of carbonyl (C=O) groups excluding carboxylic acids is 1. The number of sulfonamides is 1. The number of aromatic nitrogens is 1. The van der Waals surface area contributed by atoms with Gasteiger partial charge in [0.2, 0.25) is 15.9 Å². The van der Waals surface area contributed by atoms with Crippen LogP contribution in [0.15, 0.2) is 47.5 Å². The van der Waals surface area contributed by atoms with Crippen molar-refractivity contribution in [3.05, 3.63) is 52.3 Å². The molecule has 0 aliphatic rings. The van der Waals surface area contributed by atoms with E-state index in [-0.39, 0.29) is 16.6 Å². The topological polar surface area (TPSA) is 90.2 Å². The number of rotatable bonds is 4. The molecule has 8 heteroatoms. The van der Waals surface area contributed by atoms with Crippen LogP contribution in [0, 0.1) is 0 Å². The van der Waals surface area contributed by atoms with Gasteiger partial charge in [-0.2, -0.15) is 0 Å². The Kier molecular flexibility index (Phi) is 4.44. The van der Waals surface area contributed by atoms with E-state index < -0.39 is 10.0 Å². The summed E-state index contributed by atoms with van der Waals surface area (Å²) in [5.41, 5.74) is 0.506. The summed E-state index contributed by atoms with van der Waals surface area (Å²) in [5, 5.41) is 2.94. The highest BCUT2D eigenvalue weighted by molar-refractivity contribution is 7.94. The lowest BCUT2D eigenvalue weighted by atomic mass is 10.3. The van der Waals surface area contributed by atoms with Gasteiger partial charge in [-0.3, -0.25) is 4.79 Å². The fourth-order valence-electron chi connectivity index (χ4n) is 1.51. The van der Waals surface area contributed by atoms with Gasteiger partial charge in [-0.1, -0.05) is 23.9 Å². The van der Waals surface area contributed by atoms with E-state index in [1.54, 1.807) is 0 Å². The summed E-state index contributed by atoms with van der Waals surface area (Å²) >= 11 is 5.67. The van der Waals surface area contributed by atoms with Crippen LogP contribution in [0.3, 0.4) is 0 Å². The van der Waals surface area contributed by atoms with Crippen LogP contribution < -0.4 is 5.32 Å². The van der Waals surface area contributed by atoms with Crippen molar-refractivity contribution in [1.29, 1.82) is 0 Å². The first-order chi connectivity index (χ1) is 9.87. The van der Waals surface area contributed by atoms with E-state index >= 15 is 0 Å². The Hall–Kier alpha value is -2.12. The lowest BCUT2D eigenvalue weighted by Gasteiger charge is -2.15. The number of nitrogens with one attached hydrogen (secondary N) is 1. The Bertz CT molecular complexity index is 743. The van der Waals surface area contributed by atoms with E-state index in [9.17, 15) is 13.2 Å². The minimum absolute atomic E-state index is 0.00773. The fraction of sp³-hybridized carbons (Fsp3) is 0.0769. The summed E-state index contributed by atoms with van der Waals surface area (Å²) < 4.78 is 27.8. The second-order valence-electron chi connectivity index (χ2n) is 4.11. The van der Waals surface area contributed by atoms with Gasteiger partial charge in [0, 0.05) is 17.6 Å². The van der Waals surface area contributed by atoms with Crippen molar-refractivity contribution >= 4 is 39.0 Å². The van der Waals surface area contributed by atoms with Gasteiger partial charge in [-0.05, 0) is 36.1 Å². The Morgan fingerprint density at radius 3 is 2.38 bits per heavy atom. The van der Waals surface area contributed by atoms with E-state index in [4.69, 9.17) is 11.6 Å². The van der Waals surface area contributed by atoms with Crippen LogP contribution in [0.4, 0.5) is 11.5 Å². The van der Waals surface area contributed by atoms with E-state index in [2.05, 4.69) is 15.0 Å². The second kappa shape index (κ2) is 6.11.